The number of carbonyl (C=O) groups is 1. The minimum absolute atomic E-state index is 0.183. The van der Waals surface area contributed by atoms with Gasteiger partial charge in [0.05, 0.1) is 0 Å². The molecule has 0 aliphatic heterocycles. The lowest BCUT2D eigenvalue weighted by atomic mass is 10.3. The molecule has 0 atom stereocenters. The molecule has 0 fully saturated rings. The smallest absolute Gasteiger partial charge is 0.217 e. The van der Waals surface area contributed by atoms with Gasteiger partial charge in [-0.05, 0) is 28.4 Å². The molecule has 1 aromatic heterocycles. The van der Waals surface area contributed by atoms with Crippen molar-refractivity contribution < 1.29 is 9.18 Å². The van der Waals surface area contributed by atoms with Crippen LogP contribution in [0, 0.1) is 5.82 Å². The molecule has 1 aromatic rings. The molecule has 0 unspecified atom stereocenters. The van der Waals surface area contributed by atoms with Crippen LogP contribution in [0.5, 0.6) is 0 Å². The number of nitrogens with one attached hydrogen (secondary N) is 1. The number of primary amides is 1. The van der Waals surface area contributed by atoms with Gasteiger partial charge in [-0.25, -0.2) is 9.37 Å². The zero-order chi connectivity index (χ0) is 11.3. The van der Waals surface area contributed by atoms with E-state index in [1.807, 2.05) is 0 Å². The van der Waals surface area contributed by atoms with Crippen molar-refractivity contribution >= 4 is 27.7 Å². The van der Waals surface area contributed by atoms with E-state index in [0.29, 0.717) is 17.4 Å². The van der Waals surface area contributed by atoms with E-state index in [2.05, 4.69) is 26.2 Å². The van der Waals surface area contributed by atoms with Crippen LogP contribution in [0.25, 0.3) is 0 Å². The first-order valence-electron chi connectivity index (χ1n) is 4.43. The van der Waals surface area contributed by atoms with E-state index in [1.54, 1.807) is 0 Å². The average molecular weight is 276 g/mol. The molecule has 0 saturated carbocycles. The van der Waals surface area contributed by atoms with Gasteiger partial charge in [-0.2, -0.15) is 0 Å². The lowest BCUT2D eigenvalue weighted by molar-refractivity contribution is -0.118. The van der Waals surface area contributed by atoms with E-state index in [-0.39, 0.29) is 18.1 Å². The second-order valence-corrected chi connectivity index (χ2v) is 3.90. The molecule has 0 saturated heterocycles. The van der Waals surface area contributed by atoms with Gasteiger partial charge in [0.25, 0.3) is 0 Å². The average Bonchev–Trinajstić information content (AvgIpc) is 2.14. The Balaban J connectivity index is 2.40. The van der Waals surface area contributed by atoms with E-state index in [1.165, 1.54) is 12.3 Å². The van der Waals surface area contributed by atoms with Crippen LogP contribution in [-0.4, -0.2) is 17.4 Å². The molecule has 6 heteroatoms. The van der Waals surface area contributed by atoms with Crippen LogP contribution >= 0.6 is 15.9 Å². The van der Waals surface area contributed by atoms with Crippen LogP contribution < -0.4 is 11.1 Å². The molecule has 0 bridgehead atoms. The normalized spacial score (nSPS) is 10.0. The number of nitrogens with zero attached hydrogens (tertiary/aromatic N) is 1. The number of nitrogens with two attached hydrogens (primary N) is 1. The van der Waals surface area contributed by atoms with Crippen LogP contribution in [-0.2, 0) is 4.79 Å². The van der Waals surface area contributed by atoms with Crippen LogP contribution in [0.2, 0.25) is 0 Å². The standard InChI is InChI=1S/C9H11BrFN3O/c10-6-4-7(11)9(14-5-6)13-3-1-2-8(12)15/h4-5H,1-3H2,(H2,12,15)(H,13,14). The summed E-state index contributed by atoms with van der Waals surface area (Å²) in [5.74, 6) is -0.604. The summed E-state index contributed by atoms with van der Waals surface area (Å²) in [6.07, 6.45) is 2.34. The summed E-state index contributed by atoms with van der Waals surface area (Å²) in [7, 11) is 0. The maximum atomic E-state index is 13.2. The Morgan fingerprint density at radius 1 is 1.67 bits per heavy atom. The van der Waals surface area contributed by atoms with Crippen LogP contribution in [0.15, 0.2) is 16.7 Å². The number of anilines is 1. The summed E-state index contributed by atoms with van der Waals surface area (Å²) in [6.45, 7) is 0.467. The number of pyridine rings is 1. The van der Waals surface area contributed by atoms with Crippen molar-refractivity contribution in [3.63, 3.8) is 0 Å². The number of hydrogen-bond donors (Lipinski definition) is 2. The van der Waals surface area contributed by atoms with E-state index in [4.69, 9.17) is 5.73 Å². The van der Waals surface area contributed by atoms with Crippen molar-refractivity contribution in [3.8, 4) is 0 Å². The molecule has 1 heterocycles. The molecular formula is C9H11BrFN3O. The van der Waals surface area contributed by atoms with Crippen molar-refractivity contribution in [2.24, 2.45) is 5.73 Å². The number of hydrogen-bond acceptors (Lipinski definition) is 3. The predicted octanol–water partition coefficient (Wildman–Crippen LogP) is 1.66. The van der Waals surface area contributed by atoms with E-state index < -0.39 is 5.82 Å². The third kappa shape index (κ3) is 4.24. The van der Waals surface area contributed by atoms with Gasteiger partial charge in [0.2, 0.25) is 5.91 Å². The number of carbonyl (C=O) groups excluding carboxylic acids is 1. The molecule has 3 N–H and O–H groups in total. The fourth-order valence-electron chi connectivity index (χ4n) is 1.01. The van der Waals surface area contributed by atoms with Gasteiger partial charge >= 0.3 is 0 Å². The van der Waals surface area contributed by atoms with Gasteiger partial charge in [0.1, 0.15) is 0 Å². The topological polar surface area (TPSA) is 68.0 Å². The number of aromatic nitrogens is 1. The molecule has 1 rings (SSSR count). The highest BCUT2D eigenvalue weighted by molar-refractivity contribution is 9.10. The summed E-state index contributed by atoms with van der Waals surface area (Å²) in [4.78, 5) is 14.3. The van der Waals surface area contributed by atoms with E-state index >= 15 is 0 Å². The Morgan fingerprint density at radius 2 is 2.40 bits per heavy atom. The lowest BCUT2D eigenvalue weighted by Crippen LogP contribution is -2.13. The van der Waals surface area contributed by atoms with Crippen LogP contribution in [0.4, 0.5) is 10.2 Å². The Labute approximate surface area is 95.2 Å². The molecule has 0 aromatic carbocycles. The first-order valence-corrected chi connectivity index (χ1v) is 5.22. The van der Waals surface area contributed by atoms with Gasteiger partial charge in [-0.1, -0.05) is 0 Å². The Kier molecular flexibility index (Phi) is 4.48. The first kappa shape index (κ1) is 11.9. The van der Waals surface area contributed by atoms with Gasteiger partial charge in [0, 0.05) is 23.6 Å². The number of amides is 1. The summed E-state index contributed by atoms with van der Waals surface area (Å²) >= 11 is 3.11. The molecular weight excluding hydrogens is 265 g/mol. The fourth-order valence-corrected chi connectivity index (χ4v) is 1.32. The summed E-state index contributed by atoms with van der Waals surface area (Å²) in [5.41, 5.74) is 4.96. The van der Waals surface area contributed by atoms with Gasteiger partial charge in [-0.3, -0.25) is 4.79 Å². The summed E-state index contributed by atoms with van der Waals surface area (Å²) in [5, 5.41) is 2.78. The molecule has 1 amide bonds. The molecule has 0 aliphatic rings. The largest absolute Gasteiger partial charge is 0.370 e. The predicted molar refractivity (Wildman–Crippen MR) is 58.8 cm³/mol. The van der Waals surface area contributed by atoms with Gasteiger partial charge < -0.3 is 11.1 Å². The number of halogens is 2. The minimum Gasteiger partial charge on any atom is -0.370 e. The third-order valence-corrected chi connectivity index (χ3v) is 2.13. The quantitative estimate of drug-likeness (QED) is 0.804. The maximum Gasteiger partial charge on any atom is 0.217 e. The second-order valence-electron chi connectivity index (χ2n) is 2.98. The Morgan fingerprint density at radius 3 is 3.00 bits per heavy atom. The van der Waals surface area contributed by atoms with Crippen molar-refractivity contribution in [2.75, 3.05) is 11.9 Å². The molecule has 0 aliphatic carbocycles. The highest BCUT2D eigenvalue weighted by Gasteiger charge is 2.03. The van der Waals surface area contributed by atoms with E-state index in [0.717, 1.165) is 0 Å². The highest BCUT2D eigenvalue weighted by atomic mass is 79.9. The fraction of sp³-hybridized carbons (Fsp3) is 0.333. The third-order valence-electron chi connectivity index (χ3n) is 1.70. The van der Waals surface area contributed by atoms with Crippen molar-refractivity contribution in [3.05, 3.63) is 22.6 Å². The Bertz CT molecular complexity index is 359. The van der Waals surface area contributed by atoms with Gasteiger partial charge in [0.15, 0.2) is 11.6 Å². The minimum atomic E-state index is -0.427. The van der Waals surface area contributed by atoms with Crippen LogP contribution in [0.3, 0.4) is 0 Å². The van der Waals surface area contributed by atoms with Crippen molar-refractivity contribution in [1.29, 1.82) is 0 Å². The lowest BCUT2D eigenvalue weighted by Gasteiger charge is -2.05. The molecule has 15 heavy (non-hydrogen) atoms. The second kappa shape index (κ2) is 5.65. The highest BCUT2D eigenvalue weighted by Crippen LogP contribution is 2.15. The zero-order valence-corrected chi connectivity index (χ0v) is 9.55. The first-order chi connectivity index (χ1) is 7.09. The molecule has 4 nitrogen and oxygen atoms in total. The van der Waals surface area contributed by atoms with Crippen molar-refractivity contribution in [1.82, 2.24) is 4.98 Å². The maximum absolute atomic E-state index is 13.2. The zero-order valence-electron chi connectivity index (χ0n) is 7.96. The SMILES string of the molecule is NC(=O)CCCNc1ncc(Br)cc1F. The summed E-state index contributed by atoms with van der Waals surface area (Å²) in [6, 6.07) is 1.32. The molecule has 0 radical (unpaired) electrons. The monoisotopic (exact) mass is 275 g/mol. The summed E-state index contributed by atoms with van der Waals surface area (Å²) < 4.78 is 13.8. The van der Waals surface area contributed by atoms with E-state index in [9.17, 15) is 9.18 Å². The van der Waals surface area contributed by atoms with Crippen molar-refractivity contribution in [2.45, 2.75) is 12.8 Å². The van der Waals surface area contributed by atoms with Gasteiger partial charge in [-0.15, -0.1) is 0 Å². The number of rotatable bonds is 5. The van der Waals surface area contributed by atoms with Crippen LogP contribution in [0.1, 0.15) is 12.8 Å². The molecule has 82 valence electrons. The Hall–Kier alpha value is -1.17. The molecule has 0 spiro atoms.